The van der Waals surface area contributed by atoms with Gasteiger partial charge in [0, 0.05) is 17.4 Å². The first-order valence-corrected chi connectivity index (χ1v) is 9.49. The molecule has 0 spiro atoms. The minimum atomic E-state index is 0.445. The molecule has 0 amide bonds. The number of nitrogens with one attached hydrogen (secondary N) is 1. The SMILES string of the molecule is Cc1nn(-c2ccccc2)cc1CN=C(N)Nc1cccc2c1CCCC2. The molecule has 4 rings (SSSR count). The van der Waals surface area contributed by atoms with Crippen LogP contribution in [0.1, 0.15) is 35.2 Å². The van der Waals surface area contributed by atoms with Gasteiger partial charge in [-0.2, -0.15) is 5.10 Å². The lowest BCUT2D eigenvalue weighted by atomic mass is 9.90. The maximum Gasteiger partial charge on any atom is 0.193 e. The van der Waals surface area contributed by atoms with E-state index < -0.39 is 0 Å². The number of rotatable bonds is 4. The zero-order chi connectivity index (χ0) is 18.6. The Morgan fingerprint density at radius 3 is 2.78 bits per heavy atom. The van der Waals surface area contributed by atoms with Gasteiger partial charge in [0.1, 0.15) is 0 Å². The van der Waals surface area contributed by atoms with E-state index in [-0.39, 0.29) is 0 Å². The zero-order valence-electron chi connectivity index (χ0n) is 15.7. The zero-order valence-corrected chi connectivity index (χ0v) is 15.7. The van der Waals surface area contributed by atoms with Crippen molar-refractivity contribution in [2.24, 2.45) is 10.7 Å². The van der Waals surface area contributed by atoms with Gasteiger partial charge in [0.15, 0.2) is 5.96 Å². The van der Waals surface area contributed by atoms with Gasteiger partial charge in [-0.1, -0.05) is 30.3 Å². The van der Waals surface area contributed by atoms with Crippen LogP contribution in [-0.2, 0) is 19.4 Å². The summed E-state index contributed by atoms with van der Waals surface area (Å²) in [6.45, 7) is 2.51. The van der Waals surface area contributed by atoms with Crippen molar-refractivity contribution in [1.82, 2.24) is 9.78 Å². The third-order valence-electron chi connectivity index (χ3n) is 5.10. The molecule has 0 bridgehead atoms. The lowest BCUT2D eigenvalue weighted by Gasteiger charge is -2.19. The molecular weight excluding hydrogens is 334 g/mol. The number of fused-ring (bicyclic) bond motifs is 1. The highest BCUT2D eigenvalue weighted by Crippen LogP contribution is 2.27. The summed E-state index contributed by atoms with van der Waals surface area (Å²) in [5, 5.41) is 7.89. The largest absolute Gasteiger partial charge is 0.370 e. The summed E-state index contributed by atoms with van der Waals surface area (Å²) < 4.78 is 1.89. The highest BCUT2D eigenvalue weighted by Gasteiger charge is 2.13. The first kappa shape index (κ1) is 17.3. The van der Waals surface area contributed by atoms with E-state index in [0.717, 1.165) is 35.5 Å². The molecule has 3 N–H and O–H groups in total. The van der Waals surface area contributed by atoms with Crippen LogP contribution in [0.15, 0.2) is 59.7 Å². The van der Waals surface area contributed by atoms with E-state index in [2.05, 4.69) is 33.6 Å². The molecule has 3 aromatic rings. The second kappa shape index (κ2) is 7.66. The molecular formula is C22H25N5. The van der Waals surface area contributed by atoms with E-state index in [4.69, 9.17) is 5.73 Å². The molecule has 5 nitrogen and oxygen atoms in total. The van der Waals surface area contributed by atoms with Crippen molar-refractivity contribution in [3.05, 3.63) is 77.1 Å². The number of nitrogens with two attached hydrogens (primary N) is 1. The van der Waals surface area contributed by atoms with Gasteiger partial charge in [0.25, 0.3) is 0 Å². The predicted octanol–water partition coefficient (Wildman–Crippen LogP) is 3.99. The number of guanidine groups is 1. The standard InChI is InChI=1S/C22H25N5/c1-16-18(15-27(26-16)19-10-3-2-4-11-19)14-24-22(23)25-21-13-7-9-17-8-5-6-12-20(17)21/h2-4,7,9-11,13,15H,5-6,8,12,14H2,1H3,(H3,23,24,25). The summed E-state index contributed by atoms with van der Waals surface area (Å²) in [4.78, 5) is 4.54. The maximum atomic E-state index is 6.17. The fourth-order valence-electron chi connectivity index (χ4n) is 3.61. The number of aromatic nitrogens is 2. The van der Waals surface area contributed by atoms with E-state index in [1.165, 1.54) is 24.0 Å². The Morgan fingerprint density at radius 1 is 1.11 bits per heavy atom. The Bertz CT molecular complexity index is 956. The molecule has 0 saturated carbocycles. The van der Waals surface area contributed by atoms with E-state index in [1.54, 1.807) is 0 Å². The van der Waals surface area contributed by atoms with Crippen LogP contribution in [0.25, 0.3) is 5.69 Å². The second-order valence-corrected chi connectivity index (χ2v) is 7.00. The van der Waals surface area contributed by atoms with Crippen LogP contribution >= 0.6 is 0 Å². The summed E-state index contributed by atoms with van der Waals surface area (Å²) in [5.74, 6) is 0.445. The molecule has 0 fully saturated rings. The highest BCUT2D eigenvalue weighted by molar-refractivity contribution is 5.93. The van der Waals surface area contributed by atoms with Crippen molar-refractivity contribution in [2.45, 2.75) is 39.2 Å². The number of hydrogen-bond acceptors (Lipinski definition) is 2. The monoisotopic (exact) mass is 359 g/mol. The number of anilines is 1. The number of aryl methyl sites for hydroxylation is 2. The smallest absolute Gasteiger partial charge is 0.193 e. The number of hydrogen-bond donors (Lipinski definition) is 2. The first-order valence-electron chi connectivity index (χ1n) is 9.49. The Morgan fingerprint density at radius 2 is 1.93 bits per heavy atom. The van der Waals surface area contributed by atoms with Crippen LogP contribution in [0.4, 0.5) is 5.69 Å². The van der Waals surface area contributed by atoms with Gasteiger partial charge in [0.05, 0.1) is 17.9 Å². The average molecular weight is 359 g/mol. The van der Waals surface area contributed by atoms with E-state index in [9.17, 15) is 0 Å². The second-order valence-electron chi connectivity index (χ2n) is 7.00. The summed E-state index contributed by atoms with van der Waals surface area (Å²) in [5.41, 5.74) is 13.1. The Kier molecular flexibility index (Phi) is 4.92. The highest BCUT2D eigenvalue weighted by atomic mass is 15.3. The molecule has 27 heavy (non-hydrogen) atoms. The third-order valence-corrected chi connectivity index (χ3v) is 5.10. The number of aliphatic imine (C=N–C) groups is 1. The molecule has 1 aliphatic carbocycles. The van der Waals surface area contributed by atoms with Crippen LogP contribution in [0.3, 0.4) is 0 Å². The van der Waals surface area contributed by atoms with Crippen LogP contribution in [0.5, 0.6) is 0 Å². The molecule has 5 heteroatoms. The normalized spacial score (nSPS) is 14.0. The van der Waals surface area contributed by atoms with Gasteiger partial charge in [-0.25, -0.2) is 9.67 Å². The molecule has 0 aliphatic heterocycles. The number of para-hydroxylation sites is 1. The summed E-state index contributed by atoms with van der Waals surface area (Å²) in [6, 6.07) is 16.5. The molecule has 1 heterocycles. The Labute approximate surface area is 159 Å². The fourth-order valence-corrected chi connectivity index (χ4v) is 3.61. The lowest BCUT2D eigenvalue weighted by Crippen LogP contribution is -2.24. The fraction of sp³-hybridized carbons (Fsp3) is 0.273. The first-order chi connectivity index (χ1) is 13.2. The molecule has 138 valence electrons. The summed E-state index contributed by atoms with van der Waals surface area (Å²) >= 11 is 0. The quantitative estimate of drug-likeness (QED) is 0.547. The van der Waals surface area contributed by atoms with Gasteiger partial charge in [-0.05, 0) is 61.9 Å². The van der Waals surface area contributed by atoms with Crippen LogP contribution < -0.4 is 11.1 Å². The molecule has 0 radical (unpaired) electrons. The molecule has 0 atom stereocenters. The van der Waals surface area contributed by atoms with E-state index >= 15 is 0 Å². The Balaban J connectivity index is 1.48. The molecule has 0 unspecified atom stereocenters. The molecule has 1 aromatic heterocycles. The topological polar surface area (TPSA) is 68.2 Å². The number of benzene rings is 2. The van der Waals surface area contributed by atoms with Gasteiger partial charge < -0.3 is 11.1 Å². The summed E-state index contributed by atoms with van der Waals surface area (Å²) in [7, 11) is 0. The molecule has 1 aliphatic rings. The van der Waals surface area contributed by atoms with Crippen molar-refractivity contribution < 1.29 is 0 Å². The van der Waals surface area contributed by atoms with Crippen molar-refractivity contribution >= 4 is 11.6 Å². The third kappa shape index (κ3) is 3.87. The van der Waals surface area contributed by atoms with Crippen molar-refractivity contribution in [3.8, 4) is 5.69 Å². The van der Waals surface area contributed by atoms with Crippen molar-refractivity contribution in [2.75, 3.05) is 5.32 Å². The van der Waals surface area contributed by atoms with Crippen molar-refractivity contribution in [3.63, 3.8) is 0 Å². The van der Waals surface area contributed by atoms with E-state index in [0.29, 0.717) is 12.5 Å². The summed E-state index contributed by atoms with van der Waals surface area (Å²) in [6.07, 6.45) is 6.78. The van der Waals surface area contributed by atoms with Gasteiger partial charge in [0.2, 0.25) is 0 Å². The van der Waals surface area contributed by atoms with Gasteiger partial charge in [-0.3, -0.25) is 0 Å². The van der Waals surface area contributed by atoms with Gasteiger partial charge >= 0.3 is 0 Å². The Hall–Kier alpha value is -3.08. The van der Waals surface area contributed by atoms with E-state index in [1.807, 2.05) is 48.1 Å². The van der Waals surface area contributed by atoms with Crippen molar-refractivity contribution in [1.29, 1.82) is 0 Å². The minimum Gasteiger partial charge on any atom is -0.370 e. The molecule has 2 aromatic carbocycles. The van der Waals surface area contributed by atoms with Crippen LogP contribution in [-0.4, -0.2) is 15.7 Å². The molecule has 0 saturated heterocycles. The van der Waals surface area contributed by atoms with Gasteiger partial charge in [-0.15, -0.1) is 0 Å². The maximum absolute atomic E-state index is 6.17. The van der Waals surface area contributed by atoms with Crippen LogP contribution in [0.2, 0.25) is 0 Å². The number of nitrogens with zero attached hydrogens (tertiary/aromatic N) is 3. The minimum absolute atomic E-state index is 0.445. The lowest BCUT2D eigenvalue weighted by molar-refractivity contribution is 0.687. The van der Waals surface area contributed by atoms with Crippen LogP contribution in [0, 0.1) is 6.92 Å². The predicted molar refractivity (Wildman–Crippen MR) is 110 cm³/mol. The average Bonchev–Trinajstić information content (AvgIpc) is 3.08.